The molecule has 0 bridgehead atoms. The molecule has 0 aromatic carbocycles. The van der Waals surface area contributed by atoms with Crippen LogP contribution in [0.5, 0.6) is 0 Å². The van der Waals surface area contributed by atoms with Crippen LogP contribution in [0.25, 0.3) is 0 Å². The third-order valence-electron chi connectivity index (χ3n) is 10.2. The van der Waals surface area contributed by atoms with Gasteiger partial charge in [-0.15, -0.1) is 0 Å². The second-order valence-corrected chi connectivity index (χ2v) is 16.3. The van der Waals surface area contributed by atoms with Crippen LogP contribution in [0.2, 0.25) is 0 Å². The average Bonchev–Trinajstić information content (AvgIpc) is 3.27. The van der Waals surface area contributed by atoms with Crippen LogP contribution in [0.3, 0.4) is 0 Å². The first-order chi connectivity index (χ1) is 30.6. The Labute approximate surface area is 383 Å². The SMILES string of the molecule is CC/C=C\C/C=C\C/C=C\C/C=C\C/C=C\C/C=C\CCCOCC(COC(=O)CCCCCCC/C=C\C/C=C\CCC)OC(=O)CCCCCCC/C=C\CCCCCC. The van der Waals surface area contributed by atoms with Crippen LogP contribution in [0, 0.1) is 0 Å². The highest BCUT2D eigenvalue weighted by molar-refractivity contribution is 5.70. The Morgan fingerprint density at radius 1 is 0.371 bits per heavy atom. The van der Waals surface area contributed by atoms with E-state index in [-0.39, 0.29) is 25.2 Å². The quantitative estimate of drug-likeness (QED) is 0.0347. The molecule has 0 aliphatic heterocycles. The van der Waals surface area contributed by atoms with Crippen molar-refractivity contribution in [3.05, 3.63) is 109 Å². The first kappa shape index (κ1) is 58.6. The molecule has 0 rings (SSSR count). The molecule has 0 saturated heterocycles. The van der Waals surface area contributed by atoms with E-state index in [2.05, 4.69) is 130 Å². The van der Waals surface area contributed by atoms with Gasteiger partial charge in [0.05, 0.1) is 6.61 Å². The smallest absolute Gasteiger partial charge is 0.306 e. The van der Waals surface area contributed by atoms with Crippen LogP contribution in [-0.4, -0.2) is 37.9 Å². The summed E-state index contributed by atoms with van der Waals surface area (Å²) in [4.78, 5) is 25.3. The van der Waals surface area contributed by atoms with Crippen molar-refractivity contribution < 1.29 is 23.8 Å². The molecule has 0 spiro atoms. The number of carbonyl (C=O) groups excluding carboxylic acids is 2. The standard InChI is InChI=1S/C57H94O5/c1-4-7-10-13-16-19-22-25-26-27-28-29-30-31-34-37-40-43-46-49-52-60-53-55(62-57(59)51-48-45-42-39-36-33-24-21-18-15-12-9-6-3)54-61-56(58)50-47-44-41-38-35-32-23-20-17-14-11-8-5-2/h7,10-11,14,16,19-21,23-26,28-29,31,34,40,43,55H,4-6,8-9,12-13,15,17-18,22,27,30,32-33,35-39,41-42,44-54H2,1-3H3/b10-7-,14-11-,19-16-,23-20-,24-21-,26-25-,29-28-,34-31-,43-40-. The van der Waals surface area contributed by atoms with Crippen molar-refractivity contribution in [3.63, 3.8) is 0 Å². The molecule has 0 aromatic rings. The lowest BCUT2D eigenvalue weighted by atomic mass is 10.1. The first-order valence-electron chi connectivity index (χ1n) is 25.4. The third-order valence-corrected chi connectivity index (χ3v) is 10.2. The second-order valence-electron chi connectivity index (χ2n) is 16.3. The fourth-order valence-electron chi connectivity index (χ4n) is 6.50. The van der Waals surface area contributed by atoms with Crippen molar-refractivity contribution in [2.75, 3.05) is 19.8 Å². The van der Waals surface area contributed by atoms with Crippen LogP contribution < -0.4 is 0 Å². The zero-order valence-electron chi connectivity index (χ0n) is 40.3. The molecule has 0 aromatic heterocycles. The van der Waals surface area contributed by atoms with Gasteiger partial charge in [-0.3, -0.25) is 9.59 Å². The van der Waals surface area contributed by atoms with Gasteiger partial charge in [0.25, 0.3) is 0 Å². The number of unbranched alkanes of at least 4 members (excludes halogenated alkanes) is 16. The van der Waals surface area contributed by atoms with E-state index in [0.717, 1.165) is 116 Å². The molecule has 0 aliphatic rings. The molecule has 1 unspecified atom stereocenters. The second kappa shape index (κ2) is 51.9. The summed E-state index contributed by atoms with van der Waals surface area (Å²) in [5, 5.41) is 0. The van der Waals surface area contributed by atoms with Gasteiger partial charge in [-0.1, -0.05) is 194 Å². The van der Waals surface area contributed by atoms with E-state index in [9.17, 15) is 9.59 Å². The van der Waals surface area contributed by atoms with E-state index in [1.54, 1.807) is 0 Å². The lowest BCUT2D eigenvalue weighted by Crippen LogP contribution is -2.30. The largest absolute Gasteiger partial charge is 0.462 e. The zero-order valence-corrected chi connectivity index (χ0v) is 40.3. The fraction of sp³-hybridized carbons (Fsp3) is 0.649. The van der Waals surface area contributed by atoms with Crippen molar-refractivity contribution in [2.45, 2.75) is 219 Å². The minimum absolute atomic E-state index is 0.0454. The molecule has 62 heavy (non-hydrogen) atoms. The van der Waals surface area contributed by atoms with Gasteiger partial charge in [0.15, 0.2) is 6.10 Å². The van der Waals surface area contributed by atoms with Gasteiger partial charge in [-0.05, 0) is 116 Å². The normalized spacial score (nSPS) is 13.1. The van der Waals surface area contributed by atoms with Crippen molar-refractivity contribution >= 4 is 11.9 Å². The monoisotopic (exact) mass is 859 g/mol. The third kappa shape index (κ3) is 49.2. The average molecular weight is 859 g/mol. The molecule has 5 heteroatoms. The number of carbonyl (C=O) groups is 2. The highest BCUT2D eigenvalue weighted by Crippen LogP contribution is 2.12. The van der Waals surface area contributed by atoms with Crippen molar-refractivity contribution in [1.82, 2.24) is 0 Å². The van der Waals surface area contributed by atoms with E-state index in [4.69, 9.17) is 14.2 Å². The number of hydrogen-bond acceptors (Lipinski definition) is 5. The summed E-state index contributed by atoms with van der Waals surface area (Å²) in [6.45, 7) is 7.45. The predicted octanol–water partition coefficient (Wildman–Crippen LogP) is 17.2. The van der Waals surface area contributed by atoms with E-state index < -0.39 is 6.10 Å². The minimum atomic E-state index is -0.582. The summed E-state index contributed by atoms with van der Waals surface area (Å²) in [5.74, 6) is -0.462. The number of esters is 2. The molecule has 0 saturated carbocycles. The molecule has 0 heterocycles. The Balaban J connectivity index is 4.41. The highest BCUT2D eigenvalue weighted by Gasteiger charge is 2.17. The maximum Gasteiger partial charge on any atom is 0.306 e. The van der Waals surface area contributed by atoms with E-state index >= 15 is 0 Å². The lowest BCUT2D eigenvalue weighted by Gasteiger charge is -2.18. The summed E-state index contributed by atoms with van der Waals surface area (Å²) < 4.78 is 17.3. The number of hydrogen-bond donors (Lipinski definition) is 0. The zero-order chi connectivity index (χ0) is 44.9. The Morgan fingerprint density at radius 2 is 0.758 bits per heavy atom. The van der Waals surface area contributed by atoms with E-state index in [1.165, 1.54) is 64.2 Å². The molecular weight excluding hydrogens is 765 g/mol. The molecule has 0 N–H and O–H groups in total. The lowest BCUT2D eigenvalue weighted by molar-refractivity contribution is -0.163. The van der Waals surface area contributed by atoms with Gasteiger partial charge in [0, 0.05) is 19.4 Å². The van der Waals surface area contributed by atoms with Gasteiger partial charge in [-0.25, -0.2) is 0 Å². The molecule has 0 aliphatic carbocycles. The molecular formula is C57H94O5. The molecule has 5 nitrogen and oxygen atoms in total. The minimum Gasteiger partial charge on any atom is -0.462 e. The Bertz CT molecular complexity index is 1250. The van der Waals surface area contributed by atoms with Crippen LogP contribution in [0.1, 0.15) is 213 Å². The Hall–Kier alpha value is -3.44. The summed E-state index contributed by atoms with van der Waals surface area (Å²) in [6, 6.07) is 0. The van der Waals surface area contributed by atoms with Crippen molar-refractivity contribution in [3.8, 4) is 0 Å². The Kier molecular flexibility index (Phi) is 49.0. The molecule has 352 valence electrons. The van der Waals surface area contributed by atoms with Gasteiger partial charge in [0.1, 0.15) is 6.61 Å². The molecule has 0 amide bonds. The predicted molar refractivity (Wildman–Crippen MR) is 269 cm³/mol. The number of rotatable bonds is 45. The van der Waals surface area contributed by atoms with Crippen LogP contribution in [-0.2, 0) is 23.8 Å². The van der Waals surface area contributed by atoms with Gasteiger partial charge >= 0.3 is 11.9 Å². The van der Waals surface area contributed by atoms with Gasteiger partial charge in [-0.2, -0.15) is 0 Å². The molecule has 0 fully saturated rings. The van der Waals surface area contributed by atoms with Crippen molar-refractivity contribution in [1.29, 1.82) is 0 Å². The molecule has 1 atom stereocenters. The summed E-state index contributed by atoms with van der Waals surface area (Å²) in [5.41, 5.74) is 0. The Morgan fingerprint density at radius 3 is 1.24 bits per heavy atom. The molecule has 0 radical (unpaired) electrons. The first-order valence-corrected chi connectivity index (χ1v) is 25.4. The van der Waals surface area contributed by atoms with Gasteiger partial charge < -0.3 is 14.2 Å². The maximum atomic E-state index is 12.8. The topological polar surface area (TPSA) is 61.8 Å². The summed E-state index contributed by atoms with van der Waals surface area (Å²) in [7, 11) is 0. The van der Waals surface area contributed by atoms with Crippen LogP contribution in [0.15, 0.2) is 109 Å². The number of allylic oxidation sites excluding steroid dienone is 18. The fourth-order valence-corrected chi connectivity index (χ4v) is 6.50. The van der Waals surface area contributed by atoms with Gasteiger partial charge in [0.2, 0.25) is 0 Å². The van der Waals surface area contributed by atoms with E-state index in [0.29, 0.717) is 19.4 Å². The van der Waals surface area contributed by atoms with Crippen molar-refractivity contribution in [2.24, 2.45) is 0 Å². The number of ether oxygens (including phenoxy) is 3. The summed E-state index contributed by atoms with van der Waals surface area (Å²) in [6.07, 6.45) is 71.0. The van der Waals surface area contributed by atoms with Crippen LogP contribution in [0.4, 0.5) is 0 Å². The van der Waals surface area contributed by atoms with Crippen LogP contribution >= 0.6 is 0 Å². The summed E-state index contributed by atoms with van der Waals surface area (Å²) >= 11 is 0. The van der Waals surface area contributed by atoms with E-state index in [1.807, 2.05) is 0 Å². The maximum absolute atomic E-state index is 12.8. The highest BCUT2D eigenvalue weighted by atomic mass is 16.6.